The number of hydrogen-bond donors (Lipinski definition) is 1. The minimum absolute atomic E-state index is 0.0779. The van der Waals surface area contributed by atoms with Crippen molar-refractivity contribution < 1.29 is 13.2 Å². The van der Waals surface area contributed by atoms with E-state index in [0.717, 1.165) is 11.5 Å². The zero-order valence-electron chi connectivity index (χ0n) is 18.0. The summed E-state index contributed by atoms with van der Waals surface area (Å²) in [5.41, 5.74) is 3.08. The molecule has 0 aromatic heterocycles. The van der Waals surface area contributed by atoms with Crippen LogP contribution in [0.15, 0.2) is 42.5 Å². The van der Waals surface area contributed by atoms with Gasteiger partial charge in [-0.1, -0.05) is 53.5 Å². The summed E-state index contributed by atoms with van der Waals surface area (Å²) in [6, 6.07) is 13.1. The number of nitrogens with zero attached hydrogens (tertiary/aromatic N) is 1. The zero-order valence-corrected chi connectivity index (χ0v) is 21.2. The molecule has 1 amide bonds. The summed E-state index contributed by atoms with van der Waals surface area (Å²) >= 11 is 13.8. The van der Waals surface area contributed by atoms with Gasteiger partial charge in [0.05, 0.1) is 11.7 Å². The monoisotopic (exact) mass is 514 g/mol. The van der Waals surface area contributed by atoms with Gasteiger partial charge in [-0.05, 0) is 48.6 Å². The van der Waals surface area contributed by atoms with Crippen LogP contribution in [-0.2, 0) is 26.3 Å². The molecule has 2 aromatic carbocycles. The van der Waals surface area contributed by atoms with Gasteiger partial charge in [0, 0.05) is 41.2 Å². The fourth-order valence-corrected chi connectivity index (χ4v) is 6.81. The topological polar surface area (TPSA) is 66.5 Å². The predicted molar refractivity (Wildman–Crippen MR) is 134 cm³/mol. The fourth-order valence-electron chi connectivity index (χ4n) is 3.68. The predicted octanol–water partition coefficient (Wildman–Crippen LogP) is 4.89. The Bertz CT molecular complexity index is 1050. The highest BCUT2D eigenvalue weighted by molar-refractivity contribution is 7.98. The van der Waals surface area contributed by atoms with Crippen LogP contribution in [0.2, 0.25) is 10.0 Å². The van der Waals surface area contributed by atoms with Gasteiger partial charge >= 0.3 is 0 Å². The van der Waals surface area contributed by atoms with E-state index in [1.54, 1.807) is 23.9 Å². The smallest absolute Gasteiger partial charge is 0.224 e. The highest BCUT2D eigenvalue weighted by atomic mass is 35.5. The Hall–Kier alpha value is -1.25. The largest absolute Gasteiger partial charge is 0.355 e. The van der Waals surface area contributed by atoms with E-state index in [-0.39, 0.29) is 24.1 Å². The van der Waals surface area contributed by atoms with E-state index in [1.807, 2.05) is 12.1 Å². The molecule has 0 spiro atoms. The number of halogens is 2. The lowest BCUT2D eigenvalue weighted by Crippen LogP contribution is -2.46. The lowest BCUT2D eigenvalue weighted by molar-refractivity contribution is -0.125. The van der Waals surface area contributed by atoms with Crippen LogP contribution in [0.25, 0.3) is 0 Å². The summed E-state index contributed by atoms with van der Waals surface area (Å²) in [6.07, 6.45) is 1.35. The van der Waals surface area contributed by atoms with Crippen LogP contribution in [0, 0.1) is 12.8 Å². The number of thioether (sulfide) groups is 1. The maximum atomic E-state index is 12.9. The molecule has 1 heterocycles. The van der Waals surface area contributed by atoms with Crippen molar-refractivity contribution in [3.63, 3.8) is 0 Å². The third-order valence-electron chi connectivity index (χ3n) is 5.57. The Morgan fingerprint density at radius 3 is 2.72 bits per heavy atom. The van der Waals surface area contributed by atoms with Crippen LogP contribution >= 0.6 is 35.0 Å². The van der Waals surface area contributed by atoms with Crippen molar-refractivity contribution in [2.45, 2.75) is 31.3 Å². The number of nitrogens with one attached hydrogen (secondary N) is 1. The highest BCUT2D eigenvalue weighted by Gasteiger charge is 2.32. The maximum Gasteiger partial charge on any atom is 0.224 e. The first kappa shape index (κ1) is 25.4. The molecule has 1 N–H and O–H groups in total. The third-order valence-corrected chi connectivity index (χ3v) is 8.95. The number of carbonyl (C=O) groups excluding carboxylic acids is 1. The highest BCUT2D eigenvalue weighted by Crippen LogP contribution is 2.26. The van der Waals surface area contributed by atoms with Crippen molar-refractivity contribution in [1.82, 2.24) is 9.62 Å². The van der Waals surface area contributed by atoms with Crippen LogP contribution in [0.3, 0.4) is 0 Å². The summed E-state index contributed by atoms with van der Waals surface area (Å²) in [5, 5.41) is 3.76. The number of rotatable bonds is 9. The summed E-state index contributed by atoms with van der Waals surface area (Å²) in [5.74, 6) is 1.11. The molecule has 1 saturated heterocycles. The summed E-state index contributed by atoms with van der Waals surface area (Å²) in [4.78, 5) is 12.6. The van der Waals surface area contributed by atoms with Crippen molar-refractivity contribution in [3.05, 3.63) is 69.2 Å². The first-order valence-corrected chi connectivity index (χ1v) is 14.1. The van der Waals surface area contributed by atoms with Crippen LogP contribution in [0.4, 0.5) is 0 Å². The lowest BCUT2D eigenvalue weighted by atomic mass is 9.99. The number of hydrogen-bond acceptors (Lipinski definition) is 4. The quantitative estimate of drug-likeness (QED) is 0.483. The molecule has 2 aromatic rings. The van der Waals surface area contributed by atoms with Crippen molar-refractivity contribution in [1.29, 1.82) is 0 Å². The molecule has 9 heteroatoms. The number of piperidine rings is 1. The van der Waals surface area contributed by atoms with E-state index in [1.165, 1.54) is 21.5 Å². The van der Waals surface area contributed by atoms with Gasteiger partial charge in [-0.2, -0.15) is 11.8 Å². The van der Waals surface area contributed by atoms with Gasteiger partial charge < -0.3 is 5.32 Å². The average molecular weight is 516 g/mol. The summed E-state index contributed by atoms with van der Waals surface area (Å²) in [6.45, 7) is 3.29. The van der Waals surface area contributed by atoms with E-state index in [2.05, 4.69) is 24.4 Å². The second-order valence-corrected chi connectivity index (χ2v) is 11.9. The van der Waals surface area contributed by atoms with Gasteiger partial charge in [-0.15, -0.1) is 0 Å². The molecule has 3 rings (SSSR count). The van der Waals surface area contributed by atoms with E-state index in [0.29, 0.717) is 41.5 Å². The summed E-state index contributed by atoms with van der Waals surface area (Å²) < 4.78 is 27.3. The van der Waals surface area contributed by atoms with Crippen LogP contribution in [-0.4, -0.2) is 44.0 Å². The minimum atomic E-state index is -3.58. The first-order chi connectivity index (χ1) is 15.3. The van der Waals surface area contributed by atoms with Crippen LogP contribution in [0.1, 0.15) is 29.5 Å². The Morgan fingerprint density at radius 1 is 1.19 bits per heavy atom. The molecule has 5 nitrogen and oxygen atoms in total. The molecule has 0 aliphatic carbocycles. The standard InChI is InChI=1S/C23H28Cl2N2O3S2/c1-17-5-2-3-6-19(17)15-31-12-10-26-23(28)18-7-4-11-27(14-18)32(29,30)16-20-8-9-21(24)13-22(20)25/h2-3,5-6,8-9,13,18H,4,7,10-12,14-16H2,1H3,(H,26,28). The second kappa shape index (κ2) is 11.7. The zero-order chi connectivity index (χ0) is 23.1. The summed E-state index contributed by atoms with van der Waals surface area (Å²) in [7, 11) is -3.58. The molecule has 1 unspecified atom stereocenters. The van der Waals surface area contributed by atoms with Crippen LogP contribution < -0.4 is 5.32 Å². The molecule has 0 bridgehead atoms. The number of carbonyl (C=O) groups is 1. The molecule has 0 radical (unpaired) electrons. The Kier molecular flexibility index (Phi) is 9.32. The van der Waals surface area contributed by atoms with Gasteiger partial charge in [-0.25, -0.2) is 12.7 Å². The lowest BCUT2D eigenvalue weighted by Gasteiger charge is -2.31. The molecular weight excluding hydrogens is 487 g/mol. The molecule has 32 heavy (non-hydrogen) atoms. The van der Waals surface area contributed by atoms with Gasteiger partial charge in [0.2, 0.25) is 15.9 Å². The molecule has 0 saturated carbocycles. The van der Waals surface area contributed by atoms with E-state index in [4.69, 9.17) is 23.2 Å². The fraction of sp³-hybridized carbons (Fsp3) is 0.435. The minimum Gasteiger partial charge on any atom is -0.355 e. The van der Waals surface area contributed by atoms with E-state index < -0.39 is 10.0 Å². The number of amides is 1. The molecule has 1 aliphatic rings. The Morgan fingerprint density at radius 2 is 1.97 bits per heavy atom. The SMILES string of the molecule is Cc1ccccc1CSCCNC(=O)C1CCCN(S(=O)(=O)Cc2ccc(Cl)cc2Cl)C1. The molecule has 174 valence electrons. The van der Waals surface area contributed by atoms with Crippen molar-refractivity contribution in [2.24, 2.45) is 5.92 Å². The van der Waals surface area contributed by atoms with E-state index >= 15 is 0 Å². The van der Waals surface area contributed by atoms with Crippen molar-refractivity contribution >= 4 is 50.9 Å². The first-order valence-electron chi connectivity index (χ1n) is 10.6. The van der Waals surface area contributed by atoms with Gasteiger partial charge in [0.25, 0.3) is 0 Å². The van der Waals surface area contributed by atoms with Gasteiger partial charge in [-0.3, -0.25) is 4.79 Å². The Balaban J connectivity index is 1.47. The molecular formula is C23H28Cl2N2O3S2. The second-order valence-electron chi connectivity index (χ2n) is 7.96. The van der Waals surface area contributed by atoms with E-state index in [9.17, 15) is 13.2 Å². The van der Waals surface area contributed by atoms with Gasteiger partial charge in [0.15, 0.2) is 0 Å². The average Bonchev–Trinajstić information content (AvgIpc) is 2.76. The number of aryl methyl sites for hydroxylation is 1. The molecule has 1 aliphatic heterocycles. The van der Waals surface area contributed by atoms with Gasteiger partial charge in [0.1, 0.15) is 0 Å². The van der Waals surface area contributed by atoms with Crippen molar-refractivity contribution in [2.75, 3.05) is 25.4 Å². The number of sulfonamides is 1. The Labute approximate surface area is 204 Å². The maximum absolute atomic E-state index is 12.9. The third kappa shape index (κ3) is 7.12. The van der Waals surface area contributed by atoms with Crippen molar-refractivity contribution in [3.8, 4) is 0 Å². The number of benzene rings is 2. The van der Waals surface area contributed by atoms with Crippen LogP contribution in [0.5, 0.6) is 0 Å². The normalized spacial score (nSPS) is 17.3. The molecule has 1 atom stereocenters. The molecule has 1 fully saturated rings.